The van der Waals surface area contributed by atoms with Crippen LogP contribution in [-0.4, -0.2) is 6.85 Å². The predicted molar refractivity (Wildman–Crippen MR) is 344 cm³/mol. The number of thiophene rings is 1. The first-order chi connectivity index (χ1) is 37.9. The Balaban J connectivity index is 1.14. The molecule has 0 radical (unpaired) electrons. The Morgan fingerprint density at radius 2 is 1.02 bits per heavy atom. The topological polar surface area (TPSA) is 32.8 Å². The van der Waals surface area contributed by atoms with Gasteiger partial charge in [0.2, 0.25) is 0 Å². The van der Waals surface area contributed by atoms with Crippen LogP contribution >= 0.6 is 11.3 Å². The third-order valence-corrected chi connectivity index (χ3v) is 21.1. The van der Waals surface area contributed by atoms with Gasteiger partial charge in [0.1, 0.15) is 11.2 Å². The molecule has 0 amide bonds. The smallest absolute Gasteiger partial charge is 0.334 e. The summed E-state index contributed by atoms with van der Waals surface area (Å²) in [5.41, 5.74) is 24.0. The Morgan fingerprint density at radius 3 is 1.69 bits per heavy atom. The van der Waals surface area contributed by atoms with Crippen molar-refractivity contribution in [2.24, 2.45) is 0 Å². The first-order valence-electron chi connectivity index (χ1n) is 29.4. The molecule has 0 atom stereocenters. The van der Waals surface area contributed by atoms with Gasteiger partial charge in [-0.3, -0.25) is 4.90 Å². The van der Waals surface area contributed by atoms with Crippen LogP contribution in [0.1, 0.15) is 156 Å². The summed E-state index contributed by atoms with van der Waals surface area (Å²) in [6.07, 6.45) is 4.58. The third kappa shape index (κ3) is 7.06. The normalized spacial score (nSPS) is 17.8. The van der Waals surface area contributed by atoms with Gasteiger partial charge in [0.25, 0.3) is 0 Å². The van der Waals surface area contributed by atoms with E-state index in [9.17, 15) is 0 Å². The van der Waals surface area contributed by atoms with Crippen LogP contribution in [0.25, 0.3) is 76.2 Å². The van der Waals surface area contributed by atoms with Crippen LogP contribution in [0, 0.1) is 0 Å². The van der Waals surface area contributed by atoms with Crippen molar-refractivity contribution in [3.8, 4) is 22.3 Å². The molecule has 5 heterocycles. The quantitative estimate of drug-likeness (QED) is 0.165. The van der Waals surface area contributed by atoms with Crippen molar-refractivity contribution >= 4 is 111 Å². The zero-order valence-corrected chi connectivity index (χ0v) is 50.1. The Labute approximate surface area is 476 Å². The second-order valence-corrected chi connectivity index (χ2v) is 30.0. The number of hydrogen-bond acceptors (Lipinski definition) is 5. The van der Waals surface area contributed by atoms with Gasteiger partial charge in [-0.2, -0.15) is 0 Å². The molecule has 0 spiro atoms. The van der Waals surface area contributed by atoms with E-state index in [2.05, 4.69) is 246 Å². The molecule has 4 aliphatic rings. The lowest BCUT2D eigenvalue weighted by Gasteiger charge is -2.45. The molecular formula is C74H73BN2O2S. The molecule has 0 saturated heterocycles. The van der Waals surface area contributed by atoms with Crippen LogP contribution < -0.4 is 20.6 Å². The van der Waals surface area contributed by atoms with E-state index >= 15 is 0 Å². The van der Waals surface area contributed by atoms with Crippen molar-refractivity contribution in [3.05, 3.63) is 173 Å². The molecule has 11 aromatic rings. The number of anilines is 5. The van der Waals surface area contributed by atoms with Gasteiger partial charge in [-0.05, 0) is 186 Å². The average Bonchev–Trinajstić information content (AvgIpc) is 4.26. The highest BCUT2D eigenvalue weighted by Crippen LogP contribution is 2.58. The molecule has 0 bridgehead atoms. The maximum Gasteiger partial charge on any atom is 0.334 e. The summed E-state index contributed by atoms with van der Waals surface area (Å²) >= 11 is 1.96. The van der Waals surface area contributed by atoms with E-state index in [0.717, 1.165) is 92.5 Å². The van der Waals surface area contributed by atoms with Gasteiger partial charge in [-0.15, -0.1) is 11.3 Å². The van der Waals surface area contributed by atoms with Gasteiger partial charge >= 0.3 is 6.85 Å². The molecule has 0 saturated carbocycles. The van der Waals surface area contributed by atoms with Crippen molar-refractivity contribution in [2.45, 2.75) is 155 Å². The van der Waals surface area contributed by atoms with E-state index < -0.39 is 0 Å². The standard InChI is InChI=1S/C74H73BN2O2S/c1-69(2,3)43-24-27-45(28-25-43)77-64-47(29-30-48-50-38-54-56(40-60(50)79-66(48)64)73(11,12)34-32-71(54,7)8)51-37-52-46-22-18-19-23-59(46)78-67(52)65-62(51)75(77)63-53-39-55-57(74(13,14)35-33-72(55,9)10)41-61(53)80-68(63)76(65)58-31-26-44(70(4,5)6)36-49(58)42-20-16-15-17-21-42/h15-31,36-41H,32-35H2,1-14H3. The lowest BCUT2D eigenvalue weighted by Crippen LogP contribution is -2.61. The van der Waals surface area contributed by atoms with Crippen molar-refractivity contribution in [1.82, 2.24) is 0 Å². The SMILES string of the molecule is CC(C)(C)c1ccc(N2B3c4c(cc5c(oc6ccccc65)c4N(c4ccc(C(C)(C)C)cc4-c4ccccc4)c4sc5cc6c(cc5c43)C(C)(C)CCC6(C)C)-c3ccc4c(oc5cc6c(cc54)C(C)(C)CCC6(C)C)c32)cc1. The molecule has 2 aliphatic heterocycles. The van der Waals surface area contributed by atoms with Gasteiger partial charge in [0.05, 0.1) is 22.1 Å². The van der Waals surface area contributed by atoms with E-state index in [0.29, 0.717) is 0 Å². The highest BCUT2D eigenvalue weighted by atomic mass is 32.1. The van der Waals surface area contributed by atoms with Crippen LogP contribution in [-0.2, 0) is 32.5 Å². The number of nitrogens with zero attached hydrogens (tertiary/aromatic N) is 2. The zero-order chi connectivity index (χ0) is 55.5. The molecule has 2 aliphatic carbocycles. The van der Waals surface area contributed by atoms with Gasteiger partial charge in [-0.25, -0.2) is 0 Å². The third-order valence-electron chi connectivity index (χ3n) is 19.9. The summed E-state index contributed by atoms with van der Waals surface area (Å²) in [4.78, 5) is 5.36. The van der Waals surface area contributed by atoms with Crippen molar-refractivity contribution in [2.75, 3.05) is 9.71 Å². The maximum atomic E-state index is 7.61. The minimum absolute atomic E-state index is 0.000631. The summed E-state index contributed by atoms with van der Waals surface area (Å²) in [6.45, 7) is 33.3. The molecule has 0 N–H and O–H groups in total. The molecule has 3 aromatic heterocycles. The number of furan rings is 2. The molecular weight excluding hydrogens is 992 g/mol. The van der Waals surface area contributed by atoms with Crippen molar-refractivity contribution < 1.29 is 8.83 Å². The number of hydrogen-bond donors (Lipinski definition) is 0. The number of benzene rings is 8. The fourth-order valence-corrected chi connectivity index (χ4v) is 16.1. The second kappa shape index (κ2) is 16.3. The first kappa shape index (κ1) is 50.0. The highest BCUT2D eigenvalue weighted by molar-refractivity contribution is 7.26. The summed E-state index contributed by atoms with van der Waals surface area (Å²) in [6, 6.07) is 54.0. The van der Waals surface area contributed by atoms with Gasteiger partial charge < -0.3 is 13.6 Å². The van der Waals surface area contributed by atoms with Crippen LogP contribution in [0.5, 0.6) is 0 Å². The predicted octanol–water partition coefficient (Wildman–Crippen LogP) is 20.4. The molecule has 6 heteroatoms. The van der Waals surface area contributed by atoms with Crippen molar-refractivity contribution in [3.63, 3.8) is 0 Å². The molecule has 80 heavy (non-hydrogen) atoms. The Morgan fingerprint density at radius 1 is 0.450 bits per heavy atom. The zero-order valence-electron chi connectivity index (χ0n) is 49.3. The fourth-order valence-electron chi connectivity index (χ4n) is 14.8. The average molecular weight is 1070 g/mol. The van der Waals surface area contributed by atoms with E-state index in [1.807, 2.05) is 11.3 Å². The summed E-state index contributed by atoms with van der Waals surface area (Å²) in [7, 11) is 0. The Hall–Kier alpha value is -7.02. The van der Waals surface area contributed by atoms with Crippen LogP contribution in [0.4, 0.5) is 27.8 Å². The lowest BCUT2D eigenvalue weighted by atomic mass is 9.43. The van der Waals surface area contributed by atoms with E-state index in [1.165, 1.54) is 81.5 Å². The summed E-state index contributed by atoms with van der Waals surface area (Å²) < 4.78 is 16.4. The Bertz CT molecular complexity index is 4450. The molecule has 15 rings (SSSR count). The van der Waals surface area contributed by atoms with Crippen LogP contribution in [0.3, 0.4) is 0 Å². The molecule has 400 valence electrons. The summed E-state index contributed by atoms with van der Waals surface area (Å²) in [5.74, 6) is 0. The number of rotatable bonds is 3. The van der Waals surface area contributed by atoms with E-state index in [1.54, 1.807) is 0 Å². The summed E-state index contributed by atoms with van der Waals surface area (Å²) in [5, 5.41) is 7.14. The minimum atomic E-state index is -0.276. The second-order valence-electron chi connectivity index (χ2n) is 29.0. The molecule has 0 fully saturated rings. The van der Waals surface area contributed by atoms with Gasteiger partial charge in [0, 0.05) is 43.1 Å². The largest absolute Gasteiger partial charge is 0.454 e. The molecule has 4 nitrogen and oxygen atoms in total. The molecule has 8 aromatic carbocycles. The van der Waals surface area contributed by atoms with Gasteiger partial charge in [0.15, 0.2) is 11.2 Å². The van der Waals surface area contributed by atoms with E-state index in [4.69, 9.17) is 8.83 Å². The fraction of sp³-hybridized carbons (Fsp3) is 0.324. The first-order valence-corrected chi connectivity index (χ1v) is 30.3. The van der Waals surface area contributed by atoms with E-state index in [-0.39, 0.29) is 39.3 Å². The van der Waals surface area contributed by atoms with Crippen LogP contribution in [0.15, 0.2) is 148 Å². The number of fused-ring (bicyclic) bond motifs is 16. The molecule has 0 unspecified atom stereocenters. The maximum absolute atomic E-state index is 7.61. The van der Waals surface area contributed by atoms with Crippen LogP contribution in [0.2, 0.25) is 0 Å². The van der Waals surface area contributed by atoms with Gasteiger partial charge in [-0.1, -0.05) is 170 Å². The highest BCUT2D eigenvalue weighted by Gasteiger charge is 2.51. The van der Waals surface area contributed by atoms with Crippen molar-refractivity contribution in [1.29, 1.82) is 0 Å². The number of para-hydroxylation sites is 1. The monoisotopic (exact) mass is 1060 g/mol. The Kier molecular flexibility index (Phi) is 10.2. The lowest BCUT2D eigenvalue weighted by molar-refractivity contribution is 0.332. The minimum Gasteiger partial charge on any atom is -0.454 e.